The smallest absolute Gasteiger partial charge is 0.147 e. The van der Waals surface area contributed by atoms with Gasteiger partial charge >= 0.3 is 0 Å². The second kappa shape index (κ2) is 13.8. The molecule has 0 unspecified atom stereocenters. The molecule has 0 bridgehead atoms. The Kier molecular flexibility index (Phi) is 8.58. The Bertz CT molecular complexity index is 2330. The van der Waals surface area contributed by atoms with Gasteiger partial charge in [-0.05, 0) is 27.5 Å². The number of hydrogen-bond donors (Lipinski definition) is 0. The molecule has 8 rings (SSSR count). The average molecular weight is 657 g/mol. The van der Waals surface area contributed by atoms with Crippen LogP contribution in [0.3, 0.4) is 0 Å². The van der Waals surface area contributed by atoms with E-state index >= 15 is 0 Å². The van der Waals surface area contributed by atoms with E-state index in [4.69, 9.17) is 25.8 Å². The summed E-state index contributed by atoms with van der Waals surface area (Å²) in [6.07, 6.45) is 0. The van der Waals surface area contributed by atoms with Crippen LogP contribution in [0, 0.1) is 0 Å². The molecular weight excluding hydrogens is 624 g/mol. The lowest BCUT2D eigenvalue weighted by molar-refractivity contribution is 0.304. The summed E-state index contributed by atoms with van der Waals surface area (Å²) >= 11 is 7.62. The summed E-state index contributed by atoms with van der Waals surface area (Å²) < 4.78 is 20.2. The zero-order chi connectivity index (χ0) is 33.0. The van der Waals surface area contributed by atoms with E-state index in [1.807, 2.05) is 66.7 Å². The minimum absolute atomic E-state index is 0.377. The van der Waals surface area contributed by atoms with Gasteiger partial charge in [-0.2, -0.15) is 0 Å². The van der Waals surface area contributed by atoms with Gasteiger partial charge in [-0.1, -0.05) is 175 Å². The number of benzene rings is 8. The normalized spacial score (nSPS) is 11.2. The molecule has 8 aromatic carbocycles. The summed E-state index contributed by atoms with van der Waals surface area (Å²) in [7, 11) is 0. The number of halogens is 1. The fraction of sp³-hybridized carbons (Fsp3) is 0.0667. The minimum atomic E-state index is 0.377. The van der Waals surface area contributed by atoms with Crippen LogP contribution >= 0.6 is 11.6 Å². The quantitative estimate of drug-likeness (QED) is 0.137. The summed E-state index contributed by atoms with van der Waals surface area (Å²) in [5.74, 6) is 2.17. The Morgan fingerprint density at radius 1 is 0.306 bits per heavy atom. The maximum absolute atomic E-state index is 7.62. The fourth-order valence-electron chi connectivity index (χ4n) is 6.56. The van der Waals surface area contributed by atoms with Crippen LogP contribution in [0.15, 0.2) is 164 Å². The van der Waals surface area contributed by atoms with Crippen LogP contribution in [0.2, 0.25) is 5.02 Å². The van der Waals surface area contributed by atoms with Gasteiger partial charge in [0.05, 0.1) is 5.02 Å². The monoisotopic (exact) mass is 656 g/mol. The van der Waals surface area contributed by atoms with E-state index in [1.54, 1.807) is 0 Å². The van der Waals surface area contributed by atoms with Crippen LogP contribution in [-0.4, -0.2) is 0 Å². The second-order valence-corrected chi connectivity index (χ2v) is 12.4. The van der Waals surface area contributed by atoms with Crippen molar-refractivity contribution >= 4 is 43.9 Å². The lowest BCUT2D eigenvalue weighted by atomic mass is 9.89. The van der Waals surface area contributed by atoms with Crippen molar-refractivity contribution in [2.75, 3.05) is 0 Å². The van der Waals surface area contributed by atoms with Gasteiger partial charge in [0.15, 0.2) is 0 Å². The predicted molar refractivity (Wildman–Crippen MR) is 202 cm³/mol. The molecule has 0 radical (unpaired) electrons. The number of hydrogen-bond acceptors (Lipinski definition) is 3. The van der Waals surface area contributed by atoms with Crippen LogP contribution in [-0.2, 0) is 19.8 Å². The third-order valence-corrected chi connectivity index (χ3v) is 9.23. The molecule has 0 aliphatic heterocycles. The molecule has 0 heterocycles. The molecule has 0 aromatic heterocycles. The van der Waals surface area contributed by atoms with Crippen molar-refractivity contribution < 1.29 is 14.2 Å². The SMILES string of the molecule is Clc1c(-c2c3ccccc3c(OCc3ccccc3)c3ccccc23)c(OCc2ccccc2)c2ccccc2c1OCc1ccccc1. The fourth-order valence-corrected chi connectivity index (χ4v) is 6.90. The largest absolute Gasteiger partial charge is 0.488 e. The van der Waals surface area contributed by atoms with Crippen molar-refractivity contribution in [3.63, 3.8) is 0 Å². The van der Waals surface area contributed by atoms with Gasteiger partial charge in [0.2, 0.25) is 0 Å². The van der Waals surface area contributed by atoms with Gasteiger partial charge in [-0.25, -0.2) is 0 Å². The molecule has 0 atom stereocenters. The Morgan fingerprint density at radius 3 is 1.04 bits per heavy atom. The molecule has 8 aromatic rings. The molecule has 3 nitrogen and oxygen atoms in total. The van der Waals surface area contributed by atoms with Crippen LogP contribution in [0.25, 0.3) is 43.4 Å². The zero-order valence-electron chi connectivity index (χ0n) is 26.8. The highest BCUT2D eigenvalue weighted by Gasteiger charge is 2.26. The van der Waals surface area contributed by atoms with E-state index < -0.39 is 0 Å². The predicted octanol–water partition coefficient (Wildman–Crippen LogP) is 12.2. The van der Waals surface area contributed by atoms with Gasteiger partial charge < -0.3 is 14.2 Å². The Hall–Kier alpha value is -5.77. The summed E-state index contributed by atoms with van der Waals surface area (Å²) in [6.45, 7) is 1.21. The average Bonchev–Trinajstić information content (AvgIpc) is 3.17. The molecule has 0 spiro atoms. The molecule has 0 fully saturated rings. The summed E-state index contributed by atoms with van der Waals surface area (Å²) in [4.78, 5) is 0. The highest BCUT2D eigenvalue weighted by atomic mass is 35.5. The highest BCUT2D eigenvalue weighted by molar-refractivity contribution is 6.38. The van der Waals surface area contributed by atoms with E-state index in [2.05, 4.69) is 97.1 Å². The van der Waals surface area contributed by atoms with E-state index in [9.17, 15) is 0 Å². The third-order valence-electron chi connectivity index (χ3n) is 8.87. The van der Waals surface area contributed by atoms with Gasteiger partial charge in [0.25, 0.3) is 0 Å². The van der Waals surface area contributed by atoms with Crippen LogP contribution < -0.4 is 14.2 Å². The van der Waals surface area contributed by atoms with Crippen molar-refractivity contribution in [2.45, 2.75) is 19.8 Å². The molecule has 4 heteroatoms. The Balaban J connectivity index is 1.39. The molecule has 0 N–H and O–H groups in total. The van der Waals surface area contributed by atoms with Gasteiger partial charge in [-0.15, -0.1) is 0 Å². The first-order valence-electron chi connectivity index (χ1n) is 16.4. The third kappa shape index (κ3) is 6.06. The summed E-state index contributed by atoms with van der Waals surface area (Å²) in [5, 5.41) is 6.35. The number of fused-ring (bicyclic) bond motifs is 3. The first kappa shape index (κ1) is 30.6. The Labute approximate surface area is 290 Å². The van der Waals surface area contributed by atoms with Crippen molar-refractivity contribution in [3.8, 4) is 28.4 Å². The van der Waals surface area contributed by atoms with Gasteiger partial charge in [-0.3, -0.25) is 0 Å². The topological polar surface area (TPSA) is 27.7 Å². The second-order valence-electron chi connectivity index (χ2n) is 12.0. The van der Waals surface area contributed by atoms with Gasteiger partial charge in [0, 0.05) is 32.7 Å². The summed E-state index contributed by atoms with van der Waals surface area (Å²) in [5.41, 5.74) is 5.00. The highest BCUT2D eigenvalue weighted by Crippen LogP contribution is 2.54. The first-order chi connectivity index (χ1) is 24.3. The summed E-state index contributed by atoms with van der Waals surface area (Å²) in [6, 6.07) is 55.6. The van der Waals surface area contributed by atoms with Crippen molar-refractivity contribution in [1.29, 1.82) is 0 Å². The lowest BCUT2D eigenvalue weighted by Crippen LogP contribution is -2.03. The van der Waals surface area contributed by atoms with Crippen LogP contribution in [0.5, 0.6) is 17.2 Å². The minimum Gasteiger partial charge on any atom is -0.488 e. The molecule has 49 heavy (non-hydrogen) atoms. The zero-order valence-corrected chi connectivity index (χ0v) is 27.6. The van der Waals surface area contributed by atoms with Crippen molar-refractivity contribution in [3.05, 3.63) is 186 Å². The van der Waals surface area contributed by atoms with E-state index in [1.165, 1.54) is 0 Å². The Morgan fingerprint density at radius 2 is 0.612 bits per heavy atom. The molecule has 0 saturated carbocycles. The van der Waals surface area contributed by atoms with E-state index in [0.29, 0.717) is 36.3 Å². The lowest BCUT2D eigenvalue weighted by Gasteiger charge is -2.23. The maximum Gasteiger partial charge on any atom is 0.147 e. The number of ether oxygens (including phenoxy) is 3. The standard InChI is InChI=1S/C45H33ClO3/c46-42-41(40-34-22-10-12-24-36(34)43(37-25-13-11-23-35(37)40)47-28-31-16-4-1-5-17-31)44(48-29-32-18-6-2-7-19-32)38-26-14-15-27-39(38)45(42)49-30-33-20-8-3-9-21-33/h1-27H,28-30H2. The molecule has 0 saturated heterocycles. The molecular formula is C45H33ClO3. The van der Waals surface area contributed by atoms with Crippen molar-refractivity contribution in [2.24, 2.45) is 0 Å². The molecule has 238 valence electrons. The molecule has 0 aliphatic rings. The van der Waals surface area contributed by atoms with Crippen LogP contribution in [0.1, 0.15) is 16.7 Å². The van der Waals surface area contributed by atoms with Crippen LogP contribution in [0.4, 0.5) is 0 Å². The first-order valence-corrected chi connectivity index (χ1v) is 16.8. The maximum atomic E-state index is 7.62. The number of rotatable bonds is 10. The van der Waals surface area contributed by atoms with E-state index in [-0.39, 0.29) is 0 Å². The van der Waals surface area contributed by atoms with E-state index in [0.717, 1.165) is 65.9 Å². The van der Waals surface area contributed by atoms with Crippen molar-refractivity contribution in [1.82, 2.24) is 0 Å². The molecule has 0 aliphatic carbocycles. The van der Waals surface area contributed by atoms with Gasteiger partial charge in [0.1, 0.15) is 37.1 Å². The molecule has 0 amide bonds.